The van der Waals surface area contributed by atoms with Crippen molar-refractivity contribution in [1.82, 2.24) is 5.32 Å². The number of amides is 1. The van der Waals surface area contributed by atoms with Gasteiger partial charge in [-0.05, 0) is 37.1 Å². The number of rotatable bonds is 5. The summed E-state index contributed by atoms with van der Waals surface area (Å²) in [4.78, 5) is 11.6. The fourth-order valence-electron chi connectivity index (χ4n) is 1.31. The zero-order chi connectivity index (χ0) is 11.3. The Morgan fingerprint density at radius 3 is 2.87 bits per heavy atom. The lowest BCUT2D eigenvalue weighted by atomic mass is 10.1. The summed E-state index contributed by atoms with van der Waals surface area (Å²) in [6, 6.07) is 3.30. The van der Waals surface area contributed by atoms with Crippen LogP contribution in [-0.2, 0) is 0 Å². The summed E-state index contributed by atoms with van der Waals surface area (Å²) in [6.45, 7) is 4.11. The lowest BCUT2D eigenvalue weighted by molar-refractivity contribution is 0.0910. The maximum absolute atomic E-state index is 11.6. The van der Waals surface area contributed by atoms with Crippen molar-refractivity contribution in [2.75, 3.05) is 0 Å². The molecule has 15 heavy (non-hydrogen) atoms. The van der Waals surface area contributed by atoms with Gasteiger partial charge in [0.15, 0.2) is 11.0 Å². The highest BCUT2D eigenvalue weighted by Crippen LogP contribution is 2.13. The Hall–Kier alpha value is -0.960. The Morgan fingerprint density at radius 1 is 1.60 bits per heavy atom. The first-order chi connectivity index (χ1) is 7.13. The van der Waals surface area contributed by atoms with Crippen molar-refractivity contribution in [2.45, 2.75) is 39.2 Å². The number of nitrogens with one attached hydrogen (secondary N) is 1. The van der Waals surface area contributed by atoms with E-state index < -0.39 is 0 Å². The van der Waals surface area contributed by atoms with E-state index in [-0.39, 0.29) is 22.9 Å². The molecular weight excluding hydrogens is 214 g/mol. The van der Waals surface area contributed by atoms with E-state index in [4.69, 9.17) is 16.0 Å². The van der Waals surface area contributed by atoms with Crippen molar-refractivity contribution in [1.29, 1.82) is 0 Å². The molecule has 1 N–H and O–H groups in total. The summed E-state index contributed by atoms with van der Waals surface area (Å²) < 4.78 is 5.00. The van der Waals surface area contributed by atoms with E-state index in [1.54, 1.807) is 12.1 Å². The second kappa shape index (κ2) is 5.81. The van der Waals surface area contributed by atoms with Crippen molar-refractivity contribution in [3.05, 3.63) is 23.1 Å². The first-order valence-electron chi connectivity index (χ1n) is 5.19. The topological polar surface area (TPSA) is 42.2 Å². The van der Waals surface area contributed by atoms with Gasteiger partial charge in [0.25, 0.3) is 5.91 Å². The van der Waals surface area contributed by atoms with Crippen LogP contribution in [-0.4, -0.2) is 11.9 Å². The molecule has 84 valence electrons. The van der Waals surface area contributed by atoms with Gasteiger partial charge in [0.05, 0.1) is 0 Å². The fraction of sp³-hybridized carbons (Fsp3) is 0.545. The van der Waals surface area contributed by atoms with Gasteiger partial charge in [-0.1, -0.05) is 19.8 Å². The third kappa shape index (κ3) is 3.96. The van der Waals surface area contributed by atoms with Crippen molar-refractivity contribution in [3.63, 3.8) is 0 Å². The van der Waals surface area contributed by atoms with E-state index in [2.05, 4.69) is 12.2 Å². The summed E-state index contributed by atoms with van der Waals surface area (Å²) in [7, 11) is 0. The van der Waals surface area contributed by atoms with Crippen LogP contribution in [0.4, 0.5) is 0 Å². The molecule has 0 spiro atoms. The molecule has 1 aromatic heterocycles. The number of halogens is 1. The van der Waals surface area contributed by atoms with Gasteiger partial charge in [-0.15, -0.1) is 0 Å². The lowest BCUT2D eigenvalue weighted by Crippen LogP contribution is -2.32. The van der Waals surface area contributed by atoms with Crippen LogP contribution in [0.25, 0.3) is 0 Å². The predicted molar refractivity (Wildman–Crippen MR) is 60.2 cm³/mol. The van der Waals surface area contributed by atoms with Crippen LogP contribution in [0, 0.1) is 0 Å². The van der Waals surface area contributed by atoms with Crippen LogP contribution in [0.5, 0.6) is 0 Å². The van der Waals surface area contributed by atoms with Crippen LogP contribution in [0.3, 0.4) is 0 Å². The molecule has 1 heterocycles. The van der Waals surface area contributed by atoms with Crippen LogP contribution >= 0.6 is 11.6 Å². The van der Waals surface area contributed by atoms with Gasteiger partial charge in [0, 0.05) is 6.04 Å². The van der Waals surface area contributed by atoms with Gasteiger partial charge in [-0.25, -0.2) is 0 Å². The van der Waals surface area contributed by atoms with E-state index in [1.807, 2.05) is 6.92 Å². The molecule has 0 bridgehead atoms. The van der Waals surface area contributed by atoms with Crippen LogP contribution in [0.1, 0.15) is 43.7 Å². The average molecular weight is 230 g/mol. The third-order valence-electron chi connectivity index (χ3n) is 2.17. The number of hydrogen-bond acceptors (Lipinski definition) is 2. The zero-order valence-electron chi connectivity index (χ0n) is 9.05. The van der Waals surface area contributed by atoms with Gasteiger partial charge < -0.3 is 9.73 Å². The standard InChI is InChI=1S/C11H16ClNO2/c1-3-4-5-8(2)13-11(14)9-6-7-10(12)15-9/h6-8H,3-5H2,1-2H3,(H,13,14). The number of hydrogen-bond donors (Lipinski definition) is 1. The Labute approximate surface area is 94.8 Å². The molecule has 3 nitrogen and oxygen atoms in total. The summed E-state index contributed by atoms with van der Waals surface area (Å²) in [5.41, 5.74) is 0. The molecule has 1 unspecified atom stereocenters. The largest absolute Gasteiger partial charge is 0.440 e. The minimum atomic E-state index is -0.203. The Bertz CT molecular complexity index is 322. The maximum Gasteiger partial charge on any atom is 0.287 e. The molecule has 0 radical (unpaired) electrons. The van der Waals surface area contributed by atoms with Crippen molar-refractivity contribution in [3.8, 4) is 0 Å². The van der Waals surface area contributed by atoms with Crippen LogP contribution in [0.15, 0.2) is 16.5 Å². The van der Waals surface area contributed by atoms with Gasteiger partial charge in [-0.3, -0.25) is 4.79 Å². The van der Waals surface area contributed by atoms with E-state index in [1.165, 1.54) is 0 Å². The zero-order valence-corrected chi connectivity index (χ0v) is 9.80. The molecule has 0 fully saturated rings. The fourth-order valence-corrected chi connectivity index (χ4v) is 1.46. The highest BCUT2D eigenvalue weighted by Gasteiger charge is 2.12. The minimum Gasteiger partial charge on any atom is -0.440 e. The molecule has 0 aliphatic heterocycles. The molecule has 1 aromatic rings. The van der Waals surface area contributed by atoms with E-state index in [9.17, 15) is 4.79 Å². The molecule has 1 rings (SSSR count). The maximum atomic E-state index is 11.6. The number of furan rings is 1. The highest BCUT2D eigenvalue weighted by molar-refractivity contribution is 6.29. The summed E-state index contributed by atoms with van der Waals surface area (Å²) in [6.07, 6.45) is 3.23. The first-order valence-corrected chi connectivity index (χ1v) is 5.57. The lowest BCUT2D eigenvalue weighted by Gasteiger charge is -2.11. The second-order valence-electron chi connectivity index (χ2n) is 3.62. The quantitative estimate of drug-likeness (QED) is 0.842. The second-order valence-corrected chi connectivity index (χ2v) is 3.99. The molecule has 4 heteroatoms. The van der Waals surface area contributed by atoms with Crippen LogP contribution in [0.2, 0.25) is 5.22 Å². The van der Waals surface area contributed by atoms with Crippen molar-refractivity contribution < 1.29 is 9.21 Å². The van der Waals surface area contributed by atoms with Crippen LogP contribution < -0.4 is 5.32 Å². The predicted octanol–water partition coefficient (Wildman–Crippen LogP) is 3.24. The summed E-state index contributed by atoms with van der Waals surface area (Å²) >= 11 is 5.58. The normalized spacial score (nSPS) is 12.5. The number of carbonyl (C=O) groups excluding carboxylic acids is 1. The number of carbonyl (C=O) groups is 1. The average Bonchev–Trinajstić information content (AvgIpc) is 2.61. The third-order valence-corrected chi connectivity index (χ3v) is 2.37. The SMILES string of the molecule is CCCCC(C)NC(=O)c1ccc(Cl)o1. The van der Waals surface area contributed by atoms with E-state index >= 15 is 0 Å². The summed E-state index contributed by atoms with van der Waals surface area (Å²) in [5.74, 6) is 0.0638. The van der Waals surface area contributed by atoms with E-state index in [0.29, 0.717) is 0 Å². The van der Waals surface area contributed by atoms with E-state index in [0.717, 1.165) is 19.3 Å². The van der Waals surface area contributed by atoms with Gasteiger partial charge >= 0.3 is 0 Å². The molecular formula is C11H16ClNO2. The van der Waals surface area contributed by atoms with Crippen molar-refractivity contribution in [2.24, 2.45) is 0 Å². The Kier molecular flexibility index (Phi) is 4.69. The first kappa shape index (κ1) is 12.1. The smallest absolute Gasteiger partial charge is 0.287 e. The Balaban J connectivity index is 2.42. The molecule has 0 aliphatic rings. The van der Waals surface area contributed by atoms with Gasteiger partial charge in [-0.2, -0.15) is 0 Å². The molecule has 1 atom stereocenters. The molecule has 1 amide bonds. The minimum absolute atomic E-state index is 0.168. The number of unbranched alkanes of at least 4 members (excludes halogenated alkanes) is 1. The molecule has 0 aliphatic carbocycles. The molecule has 0 aromatic carbocycles. The molecule has 0 saturated carbocycles. The van der Waals surface area contributed by atoms with Crippen molar-refractivity contribution >= 4 is 17.5 Å². The van der Waals surface area contributed by atoms with Gasteiger partial charge in [0.2, 0.25) is 0 Å². The Morgan fingerprint density at radius 2 is 2.33 bits per heavy atom. The summed E-state index contributed by atoms with van der Waals surface area (Å²) in [5, 5.41) is 3.09. The van der Waals surface area contributed by atoms with Gasteiger partial charge in [0.1, 0.15) is 0 Å². The monoisotopic (exact) mass is 229 g/mol. The molecule has 0 saturated heterocycles. The highest BCUT2D eigenvalue weighted by atomic mass is 35.5.